The van der Waals surface area contributed by atoms with Gasteiger partial charge in [-0.05, 0) is 24.6 Å². The average Bonchev–Trinajstić information content (AvgIpc) is 2.72. The highest BCUT2D eigenvalue weighted by molar-refractivity contribution is 5.45. The van der Waals surface area contributed by atoms with Crippen molar-refractivity contribution in [3.8, 4) is 11.5 Å². The lowest BCUT2D eigenvalue weighted by molar-refractivity contribution is 0.297. The van der Waals surface area contributed by atoms with Crippen molar-refractivity contribution in [1.29, 1.82) is 0 Å². The number of rotatable bonds is 3. The summed E-state index contributed by atoms with van der Waals surface area (Å²) in [5.41, 5.74) is 1.09. The van der Waals surface area contributed by atoms with Crippen molar-refractivity contribution >= 4 is 5.95 Å². The molecule has 0 aliphatic carbocycles. The minimum absolute atomic E-state index is 0.0644. The van der Waals surface area contributed by atoms with Gasteiger partial charge < -0.3 is 14.8 Å². The molecule has 1 aliphatic heterocycles. The van der Waals surface area contributed by atoms with Gasteiger partial charge in [-0.1, -0.05) is 6.07 Å². The smallest absolute Gasteiger partial charge is 0.226 e. The standard InChI is InChI=1S/C14H16N4O2/c1-10(18-14-16-8-15-9-17-14)11-3-4-12-13(7-11)20-6-2-5-19-12/h3-4,7-10H,2,5-6H2,1H3,(H,15,16,17,18). The van der Waals surface area contributed by atoms with Gasteiger partial charge in [0.1, 0.15) is 12.7 Å². The van der Waals surface area contributed by atoms with Crippen molar-refractivity contribution in [1.82, 2.24) is 15.0 Å². The van der Waals surface area contributed by atoms with Gasteiger partial charge in [0.25, 0.3) is 0 Å². The molecule has 1 N–H and O–H groups in total. The molecule has 0 saturated carbocycles. The fraction of sp³-hybridized carbons (Fsp3) is 0.357. The fourth-order valence-corrected chi connectivity index (χ4v) is 2.04. The lowest BCUT2D eigenvalue weighted by Crippen LogP contribution is -2.09. The van der Waals surface area contributed by atoms with Crippen LogP contribution in [0.2, 0.25) is 0 Å². The summed E-state index contributed by atoms with van der Waals surface area (Å²) in [6, 6.07) is 6.03. The summed E-state index contributed by atoms with van der Waals surface area (Å²) >= 11 is 0. The van der Waals surface area contributed by atoms with E-state index in [0.717, 1.165) is 23.5 Å². The normalized spacial score (nSPS) is 15.2. The van der Waals surface area contributed by atoms with E-state index in [1.54, 1.807) is 0 Å². The van der Waals surface area contributed by atoms with Gasteiger partial charge in [0.2, 0.25) is 5.95 Å². The number of fused-ring (bicyclic) bond motifs is 1. The molecule has 1 aliphatic rings. The Hall–Kier alpha value is -2.37. The van der Waals surface area contributed by atoms with Crippen LogP contribution < -0.4 is 14.8 Å². The summed E-state index contributed by atoms with van der Waals surface area (Å²) in [5, 5.41) is 3.22. The molecule has 1 unspecified atom stereocenters. The minimum Gasteiger partial charge on any atom is -0.490 e. The van der Waals surface area contributed by atoms with E-state index in [9.17, 15) is 0 Å². The molecule has 0 fully saturated rings. The zero-order valence-corrected chi connectivity index (χ0v) is 11.2. The Kier molecular flexibility index (Phi) is 3.62. The van der Waals surface area contributed by atoms with Crippen molar-refractivity contribution in [3.63, 3.8) is 0 Å². The first-order valence-corrected chi connectivity index (χ1v) is 6.61. The second-order valence-electron chi connectivity index (χ2n) is 4.58. The third-order valence-electron chi connectivity index (χ3n) is 3.11. The molecule has 6 heteroatoms. The Balaban J connectivity index is 1.78. The Morgan fingerprint density at radius 2 is 1.85 bits per heavy atom. The third kappa shape index (κ3) is 2.79. The van der Waals surface area contributed by atoms with E-state index < -0.39 is 0 Å². The lowest BCUT2D eigenvalue weighted by atomic mass is 10.1. The number of nitrogens with one attached hydrogen (secondary N) is 1. The third-order valence-corrected chi connectivity index (χ3v) is 3.11. The summed E-state index contributed by atoms with van der Waals surface area (Å²) < 4.78 is 11.3. The predicted octanol–water partition coefficient (Wildman–Crippen LogP) is 2.21. The minimum atomic E-state index is 0.0644. The molecule has 20 heavy (non-hydrogen) atoms. The average molecular weight is 272 g/mol. The maximum absolute atomic E-state index is 5.70. The molecule has 1 atom stereocenters. The van der Waals surface area contributed by atoms with E-state index in [2.05, 4.69) is 20.3 Å². The second-order valence-corrected chi connectivity index (χ2v) is 4.58. The van der Waals surface area contributed by atoms with Crippen LogP contribution in [0.3, 0.4) is 0 Å². The van der Waals surface area contributed by atoms with E-state index >= 15 is 0 Å². The Labute approximate surface area is 117 Å². The molecule has 6 nitrogen and oxygen atoms in total. The van der Waals surface area contributed by atoms with Gasteiger partial charge in [-0.25, -0.2) is 15.0 Å². The van der Waals surface area contributed by atoms with Crippen LogP contribution in [0.1, 0.15) is 24.9 Å². The molecule has 2 aromatic rings. The quantitative estimate of drug-likeness (QED) is 0.923. The number of nitrogens with zero attached hydrogens (tertiary/aromatic N) is 3. The molecular formula is C14H16N4O2. The summed E-state index contributed by atoms with van der Waals surface area (Å²) in [6.07, 6.45) is 3.84. The SMILES string of the molecule is CC(Nc1ncncn1)c1ccc2c(c1)OCCCO2. The van der Waals surface area contributed by atoms with Crippen LogP contribution in [0.15, 0.2) is 30.9 Å². The molecule has 0 amide bonds. The van der Waals surface area contributed by atoms with E-state index in [0.29, 0.717) is 19.2 Å². The maximum atomic E-state index is 5.70. The van der Waals surface area contributed by atoms with Gasteiger partial charge in [-0.3, -0.25) is 0 Å². The number of benzene rings is 1. The van der Waals surface area contributed by atoms with E-state index in [4.69, 9.17) is 9.47 Å². The first kappa shape index (κ1) is 12.7. The van der Waals surface area contributed by atoms with E-state index in [-0.39, 0.29) is 6.04 Å². The van der Waals surface area contributed by atoms with Crippen molar-refractivity contribution in [3.05, 3.63) is 36.4 Å². The van der Waals surface area contributed by atoms with Gasteiger partial charge in [-0.15, -0.1) is 0 Å². The number of hydrogen-bond donors (Lipinski definition) is 1. The highest BCUT2D eigenvalue weighted by atomic mass is 16.5. The topological polar surface area (TPSA) is 69.2 Å². The van der Waals surface area contributed by atoms with Crippen molar-refractivity contribution < 1.29 is 9.47 Å². The number of hydrogen-bond acceptors (Lipinski definition) is 6. The lowest BCUT2D eigenvalue weighted by Gasteiger charge is -2.16. The van der Waals surface area contributed by atoms with Gasteiger partial charge in [0, 0.05) is 6.42 Å². The number of anilines is 1. The van der Waals surface area contributed by atoms with Crippen molar-refractivity contribution in [2.45, 2.75) is 19.4 Å². The number of aromatic nitrogens is 3. The molecule has 1 aromatic carbocycles. The zero-order valence-electron chi connectivity index (χ0n) is 11.2. The molecule has 0 saturated heterocycles. The molecular weight excluding hydrogens is 256 g/mol. The molecule has 2 heterocycles. The molecule has 1 aromatic heterocycles. The maximum Gasteiger partial charge on any atom is 0.226 e. The largest absolute Gasteiger partial charge is 0.490 e. The van der Waals surface area contributed by atoms with Crippen LogP contribution in [0.4, 0.5) is 5.95 Å². The summed E-state index contributed by atoms with van der Waals surface area (Å²) in [6.45, 7) is 3.43. The van der Waals surface area contributed by atoms with Crippen LogP contribution >= 0.6 is 0 Å². The second kappa shape index (κ2) is 5.73. The van der Waals surface area contributed by atoms with Gasteiger partial charge in [-0.2, -0.15) is 0 Å². The first-order chi connectivity index (χ1) is 9.83. The van der Waals surface area contributed by atoms with Gasteiger partial charge >= 0.3 is 0 Å². The predicted molar refractivity (Wildman–Crippen MR) is 73.9 cm³/mol. The first-order valence-electron chi connectivity index (χ1n) is 6.61. The molecule has 0 bridgehead atoms. The van der Waals surface area contributed by atoms with Crippen LogP contribution in [-0.4, -0.2) is 28.2 Å². The van der Waals surface area contributed by atoms with Gasteiger partial charge in [0.15, 0.2) is 11.5 Å². The zero-order chi connectivity index (χ0) is 13.8. The highest BCUT2D eigenvalue weighted by Crippen LogP contribution is 2.32. The van der Waals surface area contributed by atoms with Crippen LogP contribution in [-0.2, 0) is 0 Å². The van der Waals surface area contributed by atoms with Crippen LogP contribution in [0.5, 0.6) is 11.5 Å². The Morgan fingerprint density at radius 1 is 1.10 bits per heavy atom. The monoisotopic (exact) mass is 272 g/mol. The van der Waals surface area contributed by atoms with Crippen LogP contribution in [0.25, 0.3) is 0 Å². The Bertz CT molecular complexity index is 577. The molecule has 104 valence electrons. The summed E-state index contributed by atoms with van der Waals surface area (Å²) in [5.74, 6) is 2.16. The van der Waals surface area contributed by atoms with Crippen LogP contribution in [0, 0.1) is 0 Å². The molecule has 3 rings (SSSR count). The summed E-state index contributed by atoms with van der Waals surface area (Å²) in [4.78, 5) is 11.9. The van der Waals surface area contributed by atoms with Crippen molar-refractivity contribution in [2.75, 3.05) is 18.5 Å². The van der Waals surface area contributed by atoms with E-state index in [1.807, 2.05) is 25.1 Å². The fourth-order valence-electron chi connectivity index (χ4n) is 2.04. The Morgan fingerprint density at radius 3 is 2.65 bits per heavy atom. The van der Waals surface area contributed by atoms with Gasteiger partial charge in [0.05, 0.1) is 19.3 Å². The van der Waals surface area contributed by atoms with Crippen molar-refractivity contribution in [2.24, 2.45) is 0 Å². The molecule has 0 radical (unpaired) electrons. The summed E-state index contributed by atoms with van der Waals surface area (Å²) in [7, 11) is 0. The number of ether oxygens (including phenoxy) is 2. The highest BCUT2D eigenvalue weighted by Gasteiger charge is 2.14. The van der Waals surface area contributed by atoms with E-state index in [1.165, 1.54) is 12.7 Å². The molecule has 0 spiro atoms.